The fourth-order valence-electron chi connectivity index (χ4n) is 2.11. The molecule has 0 unspecified atom stereocenters. The average molecular weight is 390 g/mol. The zero-order valence-electron chi connectivity index (χ0n) is 14.7. The molecular weight excluding hydrogens is 370 g/mol. The summed E-state index contributed by atoms with van der Waals surface area (Å²) in [6, 6.07) is 11.4. The first-order valence-corrected chi connectivity index (χ1v) is 8.69. The number of halogens is 1. The first-order chi connectivity index (χ1) is 13.0. The lowest BCUT2D eigenvalue weighted by Crippen LogP contribution is -2.20. The van der Waals surface area contributed by atoms with Crippen molar-refractivity contribution in [1.82, 2.24) is 5.43 Å². The van der Waals surface area contributed by atoms with Crippen LogP contribution in [0.5, 0.6) is 11.5 Å². The smallest absolute Gasteiger partial charge is 0.240 e. The van der Waals surface area contributed by atoms with Gasteiger partial charge in [0.1, 0.15) is 11.5 Å². The molecule has 0 atom stereocenters. The summed E-state index contributed by atoms with van der Waals surface area (Å²) in [5, 5.41) is 16.5. The normalized spacial score (nSPS) is 10.6. The summed E-state index contributed by atoms with van der Waals surface area (Å²) in [5.41, 5.74) is 3.29. The van der Waals surface area contributed by atoms with Crippen LogP contribution in [0.4, 0.5) is 5.69 Å². The van der Waals surface area contributed by atoms with Gasteiger partial charge in [-0.1, -0.05) is 11.6 Å². The molecule has 2 aromatic rings. The fraction of sp³-hybridized carbons (Fsp3) is 0.211. The summed E-state index contributed by atoms with van der Waals surface area (Å²) in [6.45, 7) is 2.46. The van der Waals surface area contributed by atoms with Crippen molar-refractivity contribution >= 4 is 35.3 Å². The second kappa shape index (κ2) is 10.2. The van der Waals surface area contributed by atoms with Crippen LogP contribution < -0.4 is 15.5 Å². The first-order valence-electron chi connectivity index (χ1n) is 8.31. The molecule has 0 aromatic heterocycles. The molecule has 0 aliphatic carbocycles. The predicted octanol–water partition coefficient (Wildman–Crippen LogP) is 3.31. The topological polar surface area (TPSA) is 100 Å². The Hall–Kier alpha value is -3.06. The molecule has 0 bridgehead atoms. The maximum absolute atomic E-state index is 11.9. The van der Waals surface area contributed by atoms with Crippen LogP contribution in [-0.4, -0.2) is 29.7 Å². The van der Waals surface area contributed by atoms with Crippen LogP contribution in [0.25, 0.3) is 0 Å². The first kappa shape index (κ1) is 20.3. The number of hydrazone groups is 1. The zero-order chi connectivity index (χ0) is 19.6. The van der Waals surface area contributed by atoms with E-state index in [0.717, 1.165) is 5.75 Å². The van der Waals surface area contributed by atoms with Crippen molar-refractivity contribution in [3.63, 3.8) is 0 Å². The third-order valence-electron chi connectivity index (χ3n) is 3.41. The number of hydrogen-bond donors (Lipinski definition) is 3. The van der Waals surface area contributed by atoms with E-state index in [0.29, 0.717) is 22.9 Å². The number of amides is 2. The SMILES string of the molecule is CCOc1ccc(NC(=O)CCC(=O)NN=Cc2cc(Cl)ccc2O)cc1. The Labute approximate surface area is 162 Å². The monoisotopic (exact) mass is 389 g/mol. The van der Waals surface area contributed by atoms with Crippen LogP contribution in [0.2, 0.25) is 5.02 Å². The van der Waals surface area contributed by atoms with E-state index in [1.54, 1.807) is 24.3 Å². The molecule has 0 saturated carbocycles. The Morgan fingerprint density at radius 2 is 1.85 bits per heavy atom. The minimum atomic E-state index is -0.422. The van der Waals surface area contributed by atoms with Crippen molar-refractivity contribution in [2.75, 3.05) is 11.9 Å². The van der Waals surface area contributed by atoms with E-state index in [1.165, 1.54) is 24.4 Å². The summed E-state index contributed by atoms with van der Waals surface area (Å²) in [4.78, 5) is 23.6. The Kier molecular flexibility index (Phi) is 7.63. The van der Waals surface area contributed by atoms with Gasteiger partial charge in [0.2, 0.25) is 11.8 Å². The van der Waals surface area contributed by atoms with Crippen molar-refractivity contribution in [3.8, 4) is 11.5 Å². The number of carbonyl (C=O) groups excluding carboxylic acids is 2. The molecule has 0 aliphatic rings. The van der Waals surface area contributed by atoms with E-state index in [4.69, 9.17) is 16.3 Å². The average Bonchev–Trinajstić information content (AvgIpc) is 2.65. The molecule has 27 heavy (non-hydrogen) atoms. The van der Waals surface area contributed by atoms with Crippen LogP contribution in [0, 0.1) is 0 Å². The highest BCUT2D eigenvalue weighted by molar-refractivity contribution is 6.30. The van der Waals surface area contributed by atoms with Gasteiger partial charge in [-0.3, -0.25) is 9.59 Å². The number of rotatable bonds is 8. The van der Waals surface area contributed by atoms with Crippen molar-refractivity contribution in [1.29, 1.82) is 0 Å². The summed E-state index contributed by atoms with van der Waals surface area (Å²) < 4.78 is 5.33. The summed E-state index contributed by atoms with van der Waals surface area (Å²) >= 11 is 5.82. The highest BCUT2D eigenvalue weighted by Gasteiger charge is 2.07. The Bertz CT molecular complexity index is 822. The maximum atomic E-state index is 11.9. The maximum Gasteiger partial charge on any atom is 0.240 e. The molecule has 0 fully saturated rings. The van der Waals surface area contributed by atoms with Gasteiger partial charge in [0, 0.05) is 29.1 Å². The van der Waals surface area contributed by atoms with Crippen LogP contribution in [-0.2, 0) is 9.59 Å². The summed E-state index contributed by atoms with van der Waals surface area (Å²) in [5.74, 6) is 0.00555. The summed E-state index contributed by atoms with van der Waals surface area (Å²) in [6.07, 6.45) is 1.26. The van der Waals surface area contributed by atoms with Gasteiger partial charge >= 0.3 is 0 Å². The second-order valence-electron chi connectivity index (χ2n) is 5.50. The zero-order valence-corrected chi connectivity index (χ0v) is 15.5. The van der Waals surface area contributed by atoms with Gasteiger partial charge in [0.25, 0.3) is 0 Å². The van der Waals surface area contributed by atoms with Gasteiger partial charge in [0.15, 0.2) is 0 Å². The Morgan fingerprint density at radius 1 is 1.15 bits per heavy atom. The van der Waals surface area contributed by atoms with Crippen molar-refractivity contribution in [2.45, 2.75) is 19.8 Å². The van der Waals surface area contributed by atoms with E-state index >= 15 is 0 Å². The molecule has 2 rings (SSSR count). The van der Waals surface area contributed by atoms with E-state index < -0.39 is 5.91 Å². The lowest BCUT2D eigenvalue weighted by Gasteiger charge is -2.07. The van der Waals surface area contributed by atoms with Gasteiger partial charge in [-0.05, 0) is 49.4 Å². The number of nitrogens with zero attached hydrogens (tertiary/aromatic N) is 1. The third-order valence-corrected chi connectivity index (χ3v) is 3.65. The highest BCUT2D eigenvalue weighted by Crippen LogP contribution is 2.19. The molecule has 8 heteroatoms. The Balaban J connectivity index is 1.75. The molecular formula is C19H20ClN3O4. The number of aromatic hydroxyl groups is 1. The fourth-order valence-corrected chi connectivity index (χ4v) is 2.29. The molecule has 142 valence electrons. The number of hydrogen-bond acceptors (Lipinski definition) is 5. The number of nitrogens with one attached hydrogen (secondary N) is 2. The molecule has 0 saturated heterocycles. The van der Waals surface area contributed by atoms with Gasteiger partial charge < -0.3 is 15.2 Å². The standard InChI is InChI=1S/C19H20ClN3O4/c1-2-27-16-6-4-15(5-7-16)22-18(25)9-10-19(26)23-21-12-13-11-14(20)3-8-17(13)24/h3-8,11-12,24H,2,9-10H2,1H3,(H,22,25)(H,23,26). The Morgan fingerprint density at radius 3 is 2.56 bits per heavy atom. The molecule has 0 heterocycles. The number of ether oxygens (including phenoxy) is 1. The molecule has 2 amide bonds. The quantitative estimate of drug-likeness (QED) is 0.476. The van der Waals surface area contributed by atoms with Gasteiger partial charge in [0.05, 0.1) is 12.8 Å². The number of phenolic OH excluding ortho intramolecular Hbond substituents is 1. The number of anilines is 1. The molecule has 0 aliphatic heterocycles. The molecule has 0 spiro atoms. The van der Waals surface area contributed by atoms with Crippen LogP contribution >= 0.6 is 11.6 Å². The van der Waals surface area contributed by atoms with E-state index in [-0.39, 0.29) is 24.5 Å². The van der Waals surface area contributed by atoms with E-state index in [9.17, 15) is 14.7 Å². The molecule has 3 N–H and O–H groups in total. The minimum absolute atomic E-state index is 0.00729. The second-order valence-corrected chi connectivity index (χ2v) is 5.94. The lowest BCUT2D eigenvalue weighted by atomic mass is 10.2. The summed E-state index contributed by atoms with van der Waals surface area (Å²) in [7, 11) is 0. The van der Waals surface area contributed by atoms with Crippen LogP contribution in [0.1, 0.15) is 25.3 Å². The van der Waals surface area contributed by atoms with Crippen molar-refractivity contribution < 1.29 is 19.4 Å². The number of phenols is 1. The molecule has 2 aromatic carbocycles. The number of benzene rings is 2. The third kappa shape index (κ3) is 6.99. The lowest BCUT2D eigenvalue weighted by molar-refractivity contribution is -0.124. The predicted molar refractivity (Wildman–Crippen MR) is 104 cm³/mol. The van der Waals surface area contributed by atoms with Crippen molar-refractivity contribution in [2.24, 2.45) is 5.10 Å². The van der Waals surface area contributed by atoms with E-state index in [2.05, 4.69) is 15.8 Å². The van der Waals surface area contributed by atoms with Crippen LogP contribution in [0.15, 0.2) is 47.6 Å². The molecule has 7 nitrogen and oxygen atoms in total. The number of carbonyl (C=O) groups is 2. The van der Waals surface area contributed by atoms with Crippen LogP contribution in [0.3, 0.4) is 0 Å². The van der Waals surface area contributed by atoms with E-state index in [1.807, 2.05) is 6.92 Å². The van der Waals surface area contributed by atoms with Crippen molar-refractivity contribution in [3.05, 3.63) is 53.1 Å². The van der Waals surface area contributed by atoms with Gasteiger partial charge in [-0.15, -0.1) is 0 Å². The minimum Gasteiger partial charge on any atom is -0.507 e. The van der Waals surface area contributed by atoms with Gasteiger partial charge in [-0.2, -0.15) is 5.10 Å². The molecule has 0 radical (unpaired) electrons. The van der Waals surface area contributed by atoms with Gasteiger partial charge in [-0.25, -0.2) is 5.43 Å². The largest absolute Gasteiger partial charge is 0.507 e. The highest BCUT2D eigenvalue weighted by atomic mass is 35.5.